The van der Waals surface area contributed by atoms with Crippen molar-refractivity contribution in [2.75, 3.05) is 0 Å². The van der Waals surface area contributed by atoms with E-state index in [9.17, 15) is 20.0 Å². The zero-order valence-corrected chi connectivity index (χ0v) is 13.1. The highest BCUT2D eigenvalue weighted by Crippen LogP contribution is 2.23. The predicted octanol–water partition coefficient (Wildman–Crippen LogP) is 2.28. The summed E-state index contributed by atoms with van der Waals surface area (Å²) in [6.07, 6.45) is -1.93. The number of nitrogens with one attached hydrogen (secondary N) is 1. The number of carbonyl (C=O) groups is 1. The van der Waals surface area contributed by atoms with Gasteiger partial charge in [-0.2, -0.15) is 0 Å². The Hall–Kier alpha value is -2.15. The summed E-state index contributed by atoms with van der Waals surface area (Å²) in [6, 6.07) is 5.86. The second-order valence-corrected chi connectivity index (χ2v) is 6.05. The molecule has 0 aliphatic carbocycles. The van der Waals surface area contributed by atoms with Gasteiger partial charge in [-0.15, -0.1) is 0 Å². The van der Waals surface area contributed by atoms with Gasteiger partial charge in [0.2, 0.25) is 0 Å². The summed E-state index contributed by atoms with van der Waals surface area (Å²) in [6.45, 7) is 6.45. The Morgan fingerprint density at radius 3 is 2.27 bits per heavy atom. The minimum Gasteiger partial charge on any atom is -0.444 e. The number of aliphatic hydroxyl groups excluding tert-OH is 1. The fourth-order valence-electron chi connectivity index (χ4n) is 2.02. The summed E-state index contributed by atoms with van der Waals surface area (Å²) < 4.78 is 5.10. The number of hydrogen-bond acceptors (Lipinski definition) is 5. The first-order valence-corrected chi connectivity index (χ1v) is 6.98. The van der Waals surface area contributed by atoms with Crippen LogP contribution in [0.25, 0.3) is 0 Å². The number of benzene rings is 1. The number of carbonyl (C=O) groups excluding carboxylic acids is 1. The second kappa shape index (κ2) is 7.22. The number of ether oxygens (including phenoxy) is 1. The van der Waals surface area contributed by atoms with Gasteiger partial charge in [0, 0.05) is 10.5 Å². The average molecular weight is 310 g/mol. The Morgan fingerprint density at radius 1 is 1.32 bits per heavy atom. The Kier molecular flexibility index (Phi) is 5.87. The third-order valence-corrected chi connectivity index (χ3v) is 2.91. The van der Waals surface area contributed by atoms with Crippen LogP contribution >= 0.6 is 0 Å². The lowest BCUT2D eigenvalue weighted by atomic mass is 9.96. The van der Waals surface area contributed by atoms with E-state index >= 15 is 0 Å². The molecule has 1 rings (SSSR count). The molecule has 7 nitrogen and oxygen atoms in total. The molecule has 0 bridgehead atoms. The van der Waals surface area contributed by atoms with Gasteiger partial charge in [-0.1, -0.05) is 30.3 Å². The van der Waals surface area contributed by atoms with Gasteiger partial charge < -0.3 is 15.2 Å². The molecular formula is C15H22N2O5. The molecule has 0 aliphatic heterocycles. The van der Waals surface area contributed by atoms with Crippen molar-refractivity contribution in [3.05, 3.63) is 46.0 Å². The van der Waals surface area contributed by atoms with Crippen molar-refractivity contribution in [2.45, 2.75) is 51.5 Å². The van der Waals surface area contributed by atoms with E-state index < -0.39 is 34.8 Å². The number of hydrogen-bond donors (Lipinski definition) is 2. The normalized spacial score (nSPS) is 15.5. The van der Waals surface area contributed by atoms with E-state index in [0.717, 1.165) is 0 Å². The topological polar surface area (TPSA) is 102 Å². The third kappa shape index (κ3) is 5.33. The molecule has 122 valence electrons. The monoisotopic (exact) mass is 310 g/mol. The molecular weight excluding hydrogens is 288 g/mol. The van der Waals surface area contributed by atoms with Crippen LogP contribution < -0.4 is 5.32 Å². The number of nitro groups is 1. The van der Waals surface area contributed by atoms with Crippen molar-refractivity contribution >= 4 is 6.09 Å². The van der Waals surface area contributed by atoms with E-state index in [-0.39, 0.29) is 0 Å². The summed E-state index contributed by atoms with van der Waals surface area (Å²) in [5.41, 5.74) is -0.334. The van der Waals surface area contributed by atoms with Crippen LogP contribution in [-0.2, 0) is 4.74 Å². The molecule has 0 fully saturated rings. The Labute approximate surface area is 129 Å². The molecule has 0 radical (unpaired) electrons. The first-order valence-electron chi connectivity index (χ1n) is 6.98. The second-order valence-electron chi connectivity index (χ2n) is 6.05. The summed E-state index contributed by atoms with van der Waals surface area (Å²) >= 11 is 0. The van der Waals surface area contributed by atoms with Crippen molar-refractivity contribution in [2.24, 2.45) is 0 Å². The van der Waals surface area contributed by atoms with Gasteiger partial charge in [0.1, 0.15) is 11.6 Å². The first-order chi connectivity index (χ1) is 10.1. The first kappa shape index (κ1) is 17.9. The molecule has 1 aromatic rings. The summed E-state index contributed by atoms with van der Waals surface area (Å²) in [4.78, 5) is 22.8. The van der Waals surface area contributed by atoms with Crippen molar-refractivity contribution < 1.29 is 19.6 Å². The largest absolute Gasteiger partial charge is 0.444 e. The maximum Gasteiger partial charge on any atom is 0.408 e. The number of rotatable bonds is 5. The molecule has 1 aromatic carbocycles. The fraction of sp³-hybridized carbons (Fsp3) is 0.533. The highest BCUT2D eigenvalue weighted by atomic mass is 16.6. The predicted molar refractivity (Wildman–Crippen MR) is 81.0 cm³/mol. The smallest absolute Gasteiger partial charge is 0.408 e. The standard InChI is InChI=1S/C15H22N2O5/c1-10(18)12(16-14(19)22-15(2,3)4)13(17(20)21)11-8-6-5-7-9-11/h5-10,12-13,18H,1-4H3,(H,16,19)/t10-,12+,13?/m0/s1. The van der Waals surface area contributed by atoms with Crippen molar-refractivity contribution in [3.8, 4) is 0 Å². The van der Waals surface area contributed by atoms with Gasteiger partial charge in [0.15, 0.2) is 0 Å². The molecule has 0 saturated heterocycles. The van der Waals surface area contributed by atoms with Crippen LogP contribution in [0, 0.1) is 10.1 Å². The van der Waals surface area contributed by atoms with E-state index in [0.29, 0.717) is 5.56 Å². The van der Waals surface area contributed by atoms with E-state index in [1.165, 1.54) is 6.92 Å². The maximum atomic E-state index is 11.9. The number of amides is 1. The van der Waals surface area contributed by atoms with Gasteiger partial charge in [-0.3, -0.25) is 10.1 Å². The van der Waals surface area contributed by atoms with E-state index in [1.807, 2.05) is 0 Å². The van der Waals surface area contributed by atoms with Crippen LogP contribution in [0.1, 0.15) is 39.3 Å². The summed E-state index contributed by atoms with van der Waals surface area (Å²) in [5.74, 6) is 0. The summed E-state index contributed by atoms with van der Waals surface area (Å²) in [5, 5.41) is 23.7. The van der Waals surface area contributed by atoms with Crippen LogP contribution in [0.2, 0.25) is 0 Å². The molecule has 0 aliphatic rings. The molecule has 2 N–H and O–H groups in total. The SMILES string of the molecule is C[C@H](O)[C@@H](NC(=O)OC(C)(C)C)C(c1ccccc1)[N+](=O)[O-]. The fourth-order valence-corrected chi connectivity index (χ4v) is 2.02. The number of alkyl carbamates (subject to hydrolysis) is 1. The quantitative estimate of drug-likeness (QED) is 0.641. The van der Waals surface area contributed by atoms with Gasteiger partial charge in [0.05, 0.1) is 6.10 Å². The lowest BCUT2D eigenvalue weighted by Crippen LogP contribution is -2.49. The molecule has 0 heterocycles. The van der Waals surface area contributed by atoms with Gasteiger partial charge in [-0.05, 0) is 27.7 Å². The molecule has 7 heteroatoms. The number of aliphatic hydroxyl groups is 1. The lowest BCUT2D eigenvalue weighted by molar-refractivity contribution is -0.535. The zero-order valence-electron chi connectivity index (χ0n) is 13.1. The minimum atomic E-state index is -1.27. The van der Waals surface area contributed by atoms with E-state index in [4.69, 9.17) is 4.74 Å². The van der Waals surface area contributed by atoms with Crippen molar-refractivity contribution in [1.29, 1.82) is 0 Å². The molecule has 1 unspecified atom stereocenters. The minimum absolute atomic E-state index is 0.398. The van der Waals surface area contributed by atoms with E-state index in [1.54, 1.807) is 51.1 Å². The van der Waals surface area contributed by atoms with Crippen LogP contribution in [0.5, 0.6) is 0 Å². The van der Waals surface area contributed by atoms with Gasteiger partial charge in [-0.25, -0.2) is 4.79 Å². The Balaban J connectivity index is 3.01. The van der Waals surface area contributed by atoms with Crippen molar-refractivity contribution in [1.82, 2.24) is 5.32 Å². The van der Waals surface area contributed by atoms with Gasteiger partial charge >= 0.3 is 6.09 Å². The van der Waals surface area contributed by atoms with Crippen LogP contribution in [0.15, 0.2) is 30.3 Å². The molecule has 0 spiro atoms. The van der Waals surface area contributed by atoms with E-state index in [2.05, 4.69) is 5.32 Å². The van der Waals surface area contributed by atoms with Crippen molar-refractivity contribution in [3.63, 3.8) is 0 Å². The average Bonchev–Trinajstić information content (AvgIpc) is 2.36. The van der Waals surface area contributed by atoms with Crippen LogP contribution in [0.4, 0.5) is 4.79 Å². The Morgan fingerprint density at radius 2 is 1.86 bits per heavy atom. The molecule has 0 aromatic heterocycles. The molecule has 22 heavy (non-hydrogen) atoms. The number of nitrogens with zero attached hydrogens (tertiary/aromatic N) is 1. The third-order valence-electron chi connectivity index (χ3n) is 2.91. The molecule has 1 amide bonds. The maximum absolute atomic E-state index is 11.9. The molecule has 3 atom stereocenters. The zero-order chi connectivity index (χ0) is 16.9. The highest BCUT2D eigenvalue weighted by molar-refractivity contribution is 5.68. The van der Waals surface area contributed by atoms with Crippen LogP contribution in [0.3, 0.4) is 0 Å². The highest BCUT2D eigenvalue weighted by Gasteiger charge is 2.38. The Bertz CT molecular complexity index is 510. The summed E-state index contributed by atoms with van der Waals surface area (Å²) in [7, 11) is 0. The molecule has 0 saturated carbocycles. The lowest BCUT2D eigenvalue weighted by Gasteiger charge is -2.27. The van der Waals surface area contributed by atoms with Gasteiger partial charge in [0.25, 0.3) is 6.04 Å². The van der Waals surface area contributed by atoms with Crippen LogP contribution in [-0.4, -0.2) is 33.9 Å².